The summed E-state index contributed by atoms with van der Waals surface area (Å²) in [4.78, 5) is 48.0. The number of benzene rings is 2. The molecule has 0 aliphatic carbocycles. The molecule has 0 fully saturated rings. The second-order valence-corrected chi connectivity index (χ2v) is 5.85. The van der Waals surface area contributed by atoms with Crippen LogP contribution in [-0.2, 0) is 9.53 Å². The highest BCUT2D eigenvalue weighted by atomic mass is 16.5. The van der Waals surface area contributed by atoms with Crippen molar-refractivity contribution in [1.29, 1.82) is 0 Å². The fraction of sp³-hybridized carbons (Fsp3) is 0.105. The second kappa shape index (κ2) is 7.70. The molecule has 142 valence electrons. The van der Waals surface area contributed by atoms with Crippen molar-refractivity contribution in [3.8, 4) is 5.69 Å². The Kier molecular flexibility index (Phi) is 5.16. The van der Waals surface area contributed by atoms with Gasteiger partial charge in [-0.05, 0) is 25.1 Å². The van der Waals surface area contributed by atoms with Crippen LogP contribution in [0.15, 0.2) is 59.4 Å². The van der Waals surface area contributed by atoms with E-state index < -0.39 is 29.6 Å². The summed E-state index contributed by atoms with van der Waals surface area (Å²) >= 11 is 0. The maximum absolute atomic E-state index is 12.8. The third-order valence-electron chi connectivity index (χ3n) is 3.90. The molecule has 3 rings (SSSR count). The van der Waals surface area contributed by atoms with Crippen LogP contribution in [0.25, 0.3) is 16.5 Å². The van der Waals surface area contributed by atoms with E-state index in [1.54, 1.807) is 54.6 Å². The molecule has 1 aromatic heterocycles. The molecule has 1 atom stereocenters. The van der Waals surface area contributed by atoms with Gasteiger partial charge in [-0.15, -0.1) is 0 Å². The number of hydrogen-bond acceptors (Lipinski definition) is 6. The predicted octanol–water partition coefficient (Wildman–Crippen LogP) is 1.13. The Hall–Kier alpha value is -4.01. The summed E-state index contributed by atoms with van der Waals surface area (Å²) in [6.45, 7) is 1.28. The molecule has 2 aromatic carbocycles. The number of esters is 1. The molecule has 0 saturated carbocycles. The summed E-state index contributed by atoms with van der Waals surface area (Å²) in [5, 5.41) is 6.53. The van der Waals surface area contributed by atoms with Crippen LogP contribution in [0.3, 0.4) is 0 Å². The minimum Gasteiger partial charge on any atom is -0.448 e. The third kappa shape index (κ3) is 3.73. The number of carbonyl (C=O) groups is 3. The number of fused-ring (bicyclic) bond motifs is 1. The first kappa shape index (κ1) is 18.8. The first-order valence-electron chi connectivity index (χ1n) is 8.27. The summed E-state index contributed by atoms with van der Waals surface area (Å²) in [7, 11) is 0. The number of urea groups is 1. The Balaban J connectivity index is 2.06. The average Bonchev–Trinajstić information content (AvgIpc) is 2.68. The summed E-state index contributed by atoms with van der Waals surface area (Å²) in [5.74, 6) is -1.80. The average molecular weight is 380 g/mol. The molecule has 0 saturated heterocycles. The van der Waals surface area contributed by atoms with Gasteiger partial charge in [-0.1, -0.05) is 36.4 Å². The molecule has 0 aliphatic heterocycles. The molecular formula is C19H16N4O5. The van der Waals surface area contributed by atoms with Gasteiger partial charge in [0.15, 0.2) is 11.8 Å². The van der Waals surface area contributed by atoms with Gasteiger partial charge in [0, 0.05) is 5.39 Å². The van der Waals surface area contributed by atoms with Crippen molar-refractivity contribution in [2.75, 3.05) is 0 Å². The molecule has 9 heteroatoms. The minimum atomic E-state index is -1.29. The maximum Gasteiger partial charge on any atom is 0.360 e. The first-order valence-corrected chi connectivity index (χ1v) is 8.27. The molecular weight excluding hydrogens is 364 g/mol. The van der Waals surface area contributed by atoms with Crippen LogP contribution in [0.4, 0.5) is 4.79 Å². The lowest BCUT2D eigenvalue weighted by Gasteiger charge is -2.14. The van der Waals surface area contributed by atoms with Gasteiger partial charge in [0.2, 0.25) is 0 Å². The molecule has 9 nitrogen and oxygen atoms in total. The summed E-state index contributed by atoms with van der Waals surface area (Å²) < 4.78 is 6.19. The van der Waals surface area contributed by atoms with Crippen LogP contribution < -0.4 is 16.6 Å². The highest BCUT2D eigenvalue weighted by Gasteiger charge is 2.24. The van der Waals surface area contributed by atoms with Crippen molar-refractivity contribution in [2.24, 2.45) is 5.73 Å². The maximum atomic E-state index is 12.8. The van der Waals surface area contributed by atoms with Gasteiger partial charge in [0.05, 0.1) is 11.1 Å². The normalized spacial score (nSPS) is 11.6. The molecule has 3 amide bonds. The number of nitrogens with one attached hydrogen (secondary N) is 1. The zero-order chi connectivity index (χ0) is 20.3. The highest BCUT2D eigenvalue weighted by molar-refractivity contribution is 6.03. The number of rotatable bonds is 4. The zero-order valence-corrected chi connectivity index (χ0v) is 14.8. The molecule has 0 radical (unpaired) electrons. The summed E-state index contributed by atoms with van der Waals surface area (Å²) in [6, 6.07) is 14.0. The van der Waals surface area contributed by atoms with Crippen LogP contribution in [-0.4, -0.2) is 33.8 Å². The van der Waals surface area contributed by atoms with Gasteiger partial charge in [-0.3, -0.25) is 14.9 Å². The number of imide groups is 1. The Morgan fingerprint density at radius 1 is 1.04 bits per heavy atom. The molecule has 3 N–H and O–H groups in total. The SMILES string of the molecule is CC(OC(=O)c1nn(-c2ccccc2)c(=O)c2ccccc12)C(=O)NC(N)=O. The Morgan fingerprint density at radius 2 is 1.64 bits per heavy atom. The van der Waals surface area contributed by atoms with Crippen LogP contribution in [0.1, 0.15) is 17.4 Å². The van der Waals surface area contributed by atoms with Gasteiger partial charge in [-0.25, -0.2) is 9.59 Å². The largest absolute Gasteiger partial charge is 0.448 e. The van der Waals surface area contributed by atoms with Crippen molar-refractivity contribution in [3.05, 3.63) is 70.6 Å². The van der Waals surface area contributed by atoms with Crippen LogP contribution in [0.5, 0.6) is 0 Å². The summed E-state index contributed by atoms with van der Waals surface area (Å²) in [5.41, 5.74) is 4.81. The molecule has 0 bridgehead atoms. The summed E-state index contributed by atoms with van der Waals surface area (Å²) in [6.07, 6.45) is -1.29. The Morgan fingerprint density at radius 3 is 2.29 bits per heavy atom. The molecule has 28 heavy (non-hydrogen) atoms. The molecule has 1 heterocycles. The van der Waals surface area contributed by atoms with Crippen LogP contribution >= 0.6 is 0 Å². The number of hydrogen-bond donors (Lipinski definition) is 2. The smallest absolute Gasteiger partial charge is 0.360 e. The van der Waals surface area contributed by atoms with E-state index in [0.717, 1.165) is 4.68 Å². The van der Waals surface area contributed by atoms with Crippen molar-refractivity contribution >= 4 is 28.7 Å². The Bertz CT molecular complexity index is 1120. The van der Waals surface area contributed by atoms with E-state index in [2.05, 4.69) is 5.10 Å². The molecule has 0 spiro atoms. The lowest BCUT2D eigenvalue weighted by Crippen LogP contribution is -2.42. The number of amides is 3. The lowest BCUT2D eigenvalue weighted by atomic mass is 10.1. The predicted molar refractivity (Wildman–Crippen MR) is 99.9 cm³/mol. The lowest BCUT2D eigenvalue weighted by molar-refractivity contribution is -0.127. The topological polar surface area (TPSA) is 133 Å². The number of para-hydroxylation sites is 1. The number of carbonyl (C=O) groups excluding carboxylic acids is 3. The number of nitrogens with two attached hydrogens (primary N) is 1. The van der Waals surface area contributed by atoms with Gasteiger partial charge >= 0.3 is 12.0 Å². The van der Waals surface area contributed by atoms with E-state index >= 15 is 0 Å². The second-order valence-electron chi connectivity index (χ2n) is 5.85. The number of nitrogens with zero attached hydrogens (tertiary/aromatic N) is 2. The van der Waals surface area contributed by atoms with E-state index in [1.165, 1.54) is 6.92 Å². The van der Waals surface area contributed by atoms with E-state index in [1.807, 2.05) is 5.32 Å². The number of ether oxygens (including phenoxy) is 1. The van der Waals surface area contributed by atoms with Gasteiger partial charge < -0.3 is 10.5 Å². The molecule has 3 aromatic rings. The van der Waals surface area contributed by atoms with Crippen molar-refractivity contribution in [3.63, 3.8) is 0 Å². The monoisotopic (exact) mass is 380 g/mol. The van der Waals surface area contributed by atoms with E-state index in [0.29, 0.717) is 5.69 Å². The van der Waals surface area contributed by atoms with Gasteiger partial charge in [-0.2, -0.15) is 9.78 Å². The first-order chi connectivity index (χ1) is 13.4. The van der Waals surface area contributed by atoms with E-state index in [9.17, 15) is 19.2 Å². The Labute approximate surface area is 158 Å². The van der Waals surface area contributed by atoms with Crippen LogP contribution in [0, 0.1) is 0 Å². The third-order valence-corrected chi connectivity index (χ3v) is 3.90. The van der Waals surface area contributed by atoms with E-state index in [-0.39, 0.29) is 16.5 Å². The van der Waals surface area contributed by atoms with E-state index in [4.69, 9.17) is 10.5 Å². The fourth-order valence-corrected chi connectivity index (χ4v) is 2.58. The number of primary amides is 1. The van der Waals surface area contributed by atoms with Crippen molar-refractivity contribution in [1.82, 2.24) is 15.1 Å². The highest BCUT2D eigenvalue weighted by Crippen LogP contribution is 2.16. The van der Waals surface area contributed by atoms with Crippen LogP contribution in [0.2, 0.25) is 0 Å². The zero-order valence-electron chi connectivity index (χ0n) is 14.8. The number of aromatic nitrogens is 2. The standard InChI is InChI=1S/C19H16N4O5/c1-11(16(24)21-19(20)27)28-18(26)15-13-9-5-6-10-14(13)17(25)23(22-15)12-7-3-2-4-8-12/h2-11H,1H3,(H3,20,21,24,27). The van der Waals surface area contributed by atoms with Crippen molar-refractivity contribution < 1.29 is 19.1 Å². The quantitative estimate of drug-likeness (QED) is 0.652. The molecule has 1 unspecified atom stereocenters. The molecule has 0 aliphatic rings. The minimum absolute atomic E-state index is 0.141. The fourth-order valence-electron chi connectivity index (χ4n) is 2.58. The van der Waals surface area contributed by atoms with Gasteiger partial charge in [0.25, 0.3) is 11.5 Å². The van der Waals surface area contributed by atoms with Crippen molar-refractivity contribution in [2.45, 2.75) is 13.0 Å². The van der Waals surface area contributed by atoms with Gasteiger partial charge in [0.1, 0.15) is 0 Å².